The molecule has 0 fully saturated rings. The van der Waals surface area contributed by atoms with Gasteiger partial charge in [-0.05, 0) is 25.1 Å². The van der Waals surface area contributed by atoms with E-state index in [1.807, 2.05) is 14.0 Å². The fourth-order valence-electron chi connectivity index (χ4n) is 1.68. The first kappa shape index (κ1) is 13.5. The van der Waals surface area contributed by atoms with E-state index >= 15 is 0 Å². The van der Waals surface area contributed by atoms with Crippen molar-refractivity contribution in [1.82, 2.24) is 9.78 Å². The molecule has 0 unspecified atom stereocenters. The van der Waals surface area contributed by atoms with E-state index in [0.29, 0.717) is 21.6 Å². The lowest BCUT2D eigenvalue weighted by molar-refractivity contribution is 0.713. The van der Waals surface area contributed by atoms with E-state index in [1.165, 1.54) is 0 Å². The number of aromatic nitrogens is 2. The molecule has 1 aromatic carbocycles. The first-order valence-electron chi connectivity index (χ1n) is 5.36. The molecule has 1 aromatic heterocycles. The summed E-state index contributed by atoms with van der Waals surface area (Å²) < 4.78 is 1.75. The fourth-order valence-corrected chi connectivity index (χ4v) is 2.27. The molecular weight excluding hydrogens is 293 g/mol. The van der Waals surface area contributed by atoms with Crippen LogP contribution >= 0.6 is 34.8 Å². The zero-order valence-corrected chi connectivity index (χ0v) is 12.2. The minimum absolute atomic E-state index is 0.538. The molecule has 0 atom stereocenters. The summed E-state index contributed by atoms with van der Waals surface area (Å²) >= 11 is 18.2. The van der Waals surface area contributed by atoms with E-state index in [-0.39, 0.29) is 0 Å². The van der Waals surface area contributed by atoms with Crippen LogP contribution in [0, 0.1) is 6.92 Å². The lowest BCUT2D eigenvalue weighted by Crippen LogP contribution is -2.06. The third kappa shape index (κ3) is 2.74. The van der Waals surface area contributed by atoms with Crippen molar-refractivity contribution in [1.29, 1.82) is 0 Å². The largest absolute Gasteiger partial charge is 0.378 e. The Bertz CT molecular complexity index is 578. The predicted molar refractivity (Wildman–Crippen MR) is 76.7 cm³/mol. The second-order valence-corrected chi connectivity index (χ2v) is 5.17. The molecule has 0 spiro atoms. The maximum atomic E-state index is 6.17. The topological polar surface area (TPSA) is 29.9 Å². The van der Waals surface area contributed by atoms with Gasteiger partial charge in [0.05, 0.1) is 33.7 Å². The van der Waals surface area contributed by atoms with E-state index in [0.717, 1.165) is 17.1 Å². The van der Waals surface area contributed by atoms with Crippen LogP contribution in [0.5, 0.6) is 0 Å². The maximum absolute atomic E-state index is 6.17. The highest BCUT2D eigenvalue weighted by Gasteiger charge is 2.11. The summed E-state index contributed by atoms with van der Waals surface area (Å²) in [5, 5.41) is 9.37. The van der Waals surface area contributed by atoms with Gasteiger partial charge in [-0.15, -0.1) is 0 Å². The average molecular weight is 305 g/mol. The summed E-state index contributed by atoms with van der Waals surface area (Å²) in [6.07, 6.45) is 0. The van der Waals surface area contributed by atoms with Gasteiger partial charge in [0.25, 0.3) is 0 Å². The Kier molecular flexibility index (Phi) is 4.05. The Labute approximate surface area is 121 Å². The second kappa shape index (κ2) is 5.39. The summed E-state index contributed by atoms with van der Waals surface area (Å²) in [4.78, 5) is 0. The third-order valence-electron chi connectivity index (χ3n) is 2.64. The first-order chi connectivity index (χ1) is 8.49. The van der Waals surface area contributed by atoms with Crippen molar-refractivity contribution in [2.45, 2.75) is 13.5 Å². The highest BCUT2D eigenvalue weighted by atomic mass is 35.5. The van der Waals surface area contributed by atoms with Gasteiger partial charge in [0, 0.05) is 12.1 Å². The van der Waals surface area contributed by atoms with E-state index < -0.39 is 0 Å². The SMILES string of the molecule is Cc1nn(C)c(CNc2cc(Cl)ccc2Cl)c1Cl. The lowest BCUT2D eigenvalue weighted by atomic mass is 10.3. The highest BCUT2D eigenvalue weighted by Crippen LogP contribution is 2.27. The molecule has 2 rings (SSSR count). The molecule has 96 valence electrons. The molecular formula is C12H12Cl3N3. The number of benzene rings is 1. The van der Waals surface area contributed by atoms with Crippen LogP contribution in [0.15, 0.2) is 18.2 Å². The van der Waals surface area contributed by atoms with Crippen LogP contribution in [-0.4, -0.2) is 9.78 Å². The van der Waals surface area contributed by atoms with Crippen LogP contribution in [0.4, 0.5) is 5.69 Å². The van der Waals surface area contributed by atoms with E-state index in [2.05, 4.69) is 10.4 Å². The Morgan fingerprint density at radius 1 is 1.28 bits per heavy atom. The summed E-state index contributed by atoms with van der Waals surface area (Å²) in [5.74, 6) is 0. The molecule has 1 heterocycles. The number of hydrogen-bond donors (Lipinski definition) is 1. The molecule has 1 N–H and O–H groups in total. The van der Waals surface area contributed by atoms with Gasteiger partial charge in [0.15, 0.2) is 0 Å². The van der Waals surface area contributed by atoms with Crippen molar-refractivity contribution in [3.63, 3.8) is 0 Å². The molecule has 0 aliphatic heterocycles. The summed E-state index contributed by atoms with van der Waals surface area (Å²) in [5.41, 5.74) is 2.50. The Morgan fingerprint density at radius 2 is 2.00 bits per heavy atom. The van der Waals surface area contributed by atoms with Crippen molar-refractivity contribution in [3.05, 3.63) is 44.7 Å². The maximum Gasteiger partial charge on any atom is 0.0865 e. The summed E-state index contributed by atoms with van der Waals surface area (Å²) in [7, 11) is 1.86. The average Bonchev–Trinajstić information content (AvgIpc) is 2.55. The number of hydrogen-bond acceptors (Lipinski definition) is 2. The minimum Gasteiger partial charge on any atom is -0.378 e. The molecule has 18 heavy (non-hydrogen) atoms. The van der Waals surface area contributed by atoms with Crippen molar-refractivity contribution in [2.75, 3.05) is 5.32 Å². The molecule has 0 amide bonds. The van der Waals surface area contributed by atoms with Gasteiger partial charge in [-0.3, -0.25) is 4.68 Å². The van der Waals surface area contributed by atoms with Gasteiger partial charge < -0.3 is 5.32 Å². The van der Waals surface area contributed by atoms with Crippen LogP contribution in [0.2, 0.25) is 15.1 Å². The van der Waals surface area contributed by atoms with Gasteiger partial charge in [-0.25, -0.2) is 0 Å². The molecule has 0 bridgehead atoms. The Balaban J connectivity index is 2.19. The molecule has 0 radical (unpaired) electrons. The van der Waals surface area contributed by atoms with Crippen molar-refractivity contribution >= 4 is 40.5 Å². The smallest absolute Gasteiger partial charge is 0.0865 e. The first-order valence-corrected chi connectivity index (χ1v) is 6.49. The molecule has 6 heteroatoms. The van der Waals surface area contributed by atoms with Crippen LogP contribution in [-0.2, 0) is 13.6 Å². The summed E-state index contributed by atoms with van der Waals surface area (Å²) in [6, 6.07) is 5.28. The van der Waals surface area contributed by atoms with Crippen molar-refractivity contribution in [2.24, 2.45) is 7.05 Å². The molecule has 2 aromatic rings. The molecule has 0 saturated heterocycles. The second-order valence-electron chi connectivity index (χ2n) is 3.95. The van der Waals surface area contributed by atoms with Gasteiger partial charge in [0.2, 0.25) is 0 Å². The van der Waals surface area contributed by atoms with Crippen molar-refractivity contribution < 1.29 is 0 Å². The number of nitrogens with zero attached hydrogens (tertiary/aromatic N) is 2. The zero-order chi connectivity index (χ0) is 13.3. The molecule has 0 aliphatic rings. The van der Waals surface area contributed by atoms with Crippen molar-refractivity contribution in [3.8, 4) is 0 Å². The molecule has 0 aliphatic carbocycles. The van der Waals surface area contributed by atoms with Gasteiger partial charge in [-0.1, -0.05) is 34.8 Å². The lowest BCUT2D eigenvalue weighted by Gasteiger charge is -2.09. The van der Waals surface area contributed by atoms with Gasteiger partial charge >= 0.3 is 0 Å². The number of nitrogens with one attached hydrogen (secondary N) is 1. The molecule has 0 saturated carbocycles. The summed E-state index contributed by atoms with van der Waals surface area (Å²) in [6.45, 7) is 2.41. The number of anilines is 1. The van der Waals surface area contributed by atoms with Gasteiger partial charge in [-0.2, -0.15) is 5.10 Å². The van der Waals surface area contributed by atoms with Crippen LogP contribution < -0.4 is 5.32 Å². The number of aryl methyl sites for hydroxylation is 2. The normalized spacial score (nSPS) is 10.7. The monoisotopic (exact) mass is 303 g/mol. The number of halogens is 3. The van der Waals surface area contributed by atoms with E-state index in [9.17, 15) is 0 Å². The minimum atomic E-state index is 0.538. The van der Waals surface area contributed by atoms with Crippen LogP contribution in [0.1, 0.15) is 11.4 Å². The predicted octanol–water partition coefficient (Wildman–Crippen LogP) is 4.30. The van der Waals surface area contributed by atoms with Gasteiger partial charge in [0.1, 0.15) is 0 Å². The fraction of sp³-hybridized carbons (Fsp3) is 0.250. The van der Waals surface area contributed by atoms with E-state index in [4.69, 9.17) is 34.8 Å². The van der Waals surface area contributed by atoms with E-state index in [1.54, 1.807) is 22.9 Å². The Hall–Kier alpha value is -0.900. The third-order valence-corrected chi connectivity index (χ3v) is 3.69. The zero-order valence-electron chi connectivity index (χ0n) is 9.97. The van der Waals surface area contributed by atoms with Crippen LogP contribution in [0.25, 0.3) is 0 Å². The standard InChI is InChI=1S/C12H12Cl3N3/c1-7-12(15)11(18(2)17-7)6-16-10-5-8(13)3-4-9(10)14/h3-5,16H,6H2,1-2H3. The number of rotatable bonds is 3. The highest BCUT2D eigenvalue weighted by molar-refractivity contribution is 6.35. The quantitative estimate of drug-likeness (QED) is 0.916. The Morgan fingerprint density at radius 3 is 2.61 bits per heavy atom. The van der Waals surface area contributed by atoms with Crippen LogP contribution in [0.3, 0.4) is 0 Å². The molecule has 3 nitrogen and oxygen atoms in total.